The molecule has 5 heterocycles. The summed E-state index contributed by atoms with van der Waals surface area (Å²) >= 11 is 1.95. The molecular formula is C28H37N5O2S2. The molecule has 2 aliphatic rings. The Balaban J connectivity index is 1.31. The molecule has 0 radical (unpaired) electrons. The van der Waals surface area contributed by atoms with Crippen LogP contribution in [0.3, 0.4) is 0 Å². The van der Waals surface area contributed by atoms with Gasteiger partial charge in [-0.15, -0.1) is 11.3 Å². The van der Waals surface area contributed by atoms with E-state index in [1.54, 1.807) is 6.33 Å². The van der Waals surface area contributed by atoms with Crippen molar-refractivity contribution in [3.8, 4) is 11.3 Å². The van der Waals surface area contributed by atoms with E-state index >= 15 is 0 Å². The molecule has 198 valence electrons. The first-order valence-electron chi connectivity index (χ1n) is 13.5. The fraction of sp³-hybridized carbons (Fsp3) is 0.571. The molecule has 0 amide bonds. The largest absolute Gasteiger partial charge is 0.346 e. The Morgan fingerprint density at radius 3 is 2.41 bits per heavy atom. The lowest BCUT2D eigenvalue weighted by molar-refractivity contribution is 0.161. The summed E-state index contributed by atoms with van der Waals surface area (Å²) in [5.41, 5.74) is 8.59. The average molecular weight is 540 g/mol. The van der Waals surface area contributed by atoms with Crippen molar-refractivity contribution in [2.45, 2.75) is 78.2 Å². The number of H-pyrrole nitrogens is 1. The second-order valence-corrected chi connectivity index (χ2v) is 14.7. The number of thiophene rings is 1. The van der Waals surface area contributed by atoms with Crippen LogP contribution in [0, 0.1) is 20.8 Å². The van der Waals surface area contributed by atoms with Gasteiger partial charge in [0.25, 0.3) is 0 Å². The third kappa shape index (κ3) is 4.23. The van der Waals surface area contributed by atoms with Gasteiger partial charge in [-0.25, -0.2) is 17.9 Å². The maximum absolute atomic E-state index is 11.8. The molecule has 0 atom stereocenters. The maximum atomic E-state index is 11.8. The van der Waals surface area contributed by atoms with E-state index < -0.39 is 9.84 Å². The van der Waals surface area contributed by atoms with Crippen molar-refractivity contribution in [1.29, 1.82) is 0 Å². The Morgan fingerprint density at radius 2 is 1.73 bits per heavy atom. The smallest absolute Gasteiger partial charge is 0.158 e. The van der Waals surface area contributed by atoms with Crippen molar-refractivity contribution in [1.82, 2.24) is 24.5 Å². The van der Waals surface area contributed by atoms with Crippen LogP contribution in [0.2, 0.25) is 0 Å². The maximum Gasteiger partial charge on any atom is 0.158 e. The van der Waals surface area contributed by atoms with Gasteiger partial charge in [0.2, 0.25) is 0 Å². The molecule has 0 aromatic carbocycles. The number of aryl methyl sites for hydroxylation is 2. The first-order valence-corrected chi connectivity index (χ1v) is 16.2. The summed E-state index contributed by atoms with van der Waals surface area (Å²) in [5.74, 6) is 1.63. The summed E-state index contributed by atoms with van der Waals surface area (Å²) in [6.07, 6.45) is 8.44. The Bertz CT molecular complexity index is 1570. The number of hydrogen-bond acceptors (Lipinski definition) is 6. The van der Waals surface area contributed by atoms with Crippen LogP contribution < -0.4 is 0 Å². The summed E-state index contributed by atoms with van der Waals surface area (Å²) in [6, 6.07) is 0.535. The van der Waals surface area contributed by atoms with Crippen LogP contribution in [-0.2, 0) is 9.84 Å². The third-order valence-corrected chi connectivity index (χ3v) is 11.9. The molecule has 9 heteroatoms. The molecular weight excluding hydrogens is 502 g/mol. The second-order valence-electron chi connectivity index (χ2n) is 11.4. The van der Waals surface area contributed by atoms with E-state index in [1.165, 1.54) is 61.4 Å². The van der Waals surface area contributed by atoms with Gasteiger partial charge in [-0.05, 0) is 80.5 Å². The van der Waals surface area contributed by atoms with Crippen molar-refractivity contribution in [3.05, 3.63) is 39.7 Å². The highest BCUT2D eigenvalue weighted by atomic mass is 32.2. The van der Waals surface area contributed by atoms with Gasteiger partial charge in [-0.1, -0.05) is 13.8 Å². The molecule has 1 saturated carbocycles. The zero-order valence-corrected chi connectivity index (χ0v) is 24.1. The van der Waals surface area contributed by atoms with Crippen molar-refractivity contribution in [2.24, 2.45) is 0 Å². The molecule has 4 aromatic heterocycles. The number of sulfone groups is 1. The van der Waals surface area contributed by atoms with E-state index in [4.69, 9.17) is 0 Å². The number of nitrogens with zero attached hydrogens (tertiary/aromatic N) is 4. The zero-order chi connectivity index (χ0) is 26.1. The van der Waals surface area contributed by atoms with Gasteiger partial charge < -0.3 is 4.98 Å². The number of pyridine rings is 1. The Labute approximate surface area is 223 Å². The van der Waals surface area contributed by atoms with Gasteiger partial charge in [0.1, 0.15) is 11.2 Å². The molecule has 37 heavy (non-hydrogen) atoms. The predicted octanol–water partition coefficient (Wildman–Crippen LogP) is 5.74. The highest BCUT2D eigenvalue weighted by Crippen LogP contribution is 2.47. The van der Waals surface area contributed by atoms with E-state index in [0.29, 0.717) is 42.5 Å². The fourth-order valence-corrected chi connectivity index (χ4v) is 9.30. The SMILES string of the molecule is Cc1c(-c2[nH]c3sc(C4CCC(N5CCS(=O)(=O)CC5)CC4)c(C)c3c2C(C)C)cn2ncnc2c1C. The van der Waals surface area contributed by atoms with Gasteiger partial charge in [0.15, 0.2) is 15.5 Å². The first kappa shape index (κ1) is 25.1. The Hall–Kier alpha value is -2.23. The highest BCUT2D eigenvalue weighted by molar-refractivity contribution is 7.91. The van der Waals surface area contributed by atoms with Crippen molar-refractivity contribution in [2.75, 3.05) is 24.6 Å². The molecule has 6 rings (SSSR count). The zero-order valence-electron chi connectivity index (χ0n) is 22.5. The van der Waals surface area contributed by atoms with Gasteiger partial charge >= 0.3 is 0 Å². The number of fused-ring (bicyclic) bond motifs is 2. The van der Waals surface area contributed by atoms with E-state index in [0.717, 1.165) is 18.5 Å². The van der Waals surface area contributed by atoms with E-state index in [1.807, 2.05) is 15.9 Å². The molecule has 4 aromatic rings. The van der Waals surface area contributed by atoms with Crippen LogP contribution in [0.4, 0.5) is 0 Å². The Morgan fingerprint density at radius 1 is 1.03 bits per heavy atom. The van der Waals surface area contributed by atoms with Gasteiger partial charge in [0.05, 0.1) is 17.2 Å². The molecule has 1 saturated heterocycles. The first-order chi connectivity index (χ1) is 17.6. The number of rotatable bonds is 4. The van der Waals surface area contributed by atoms with E-state index in [9.17, 15) is 8.42 Å². The van der Waals surface area contributed by atoms with Crippen molar-refractivity contribution in [3.63, 3.8) is 0 Å². The van der Waals surface area contributed by atoms with E-state index in [-0.39, 0.29) is 0 Å². The lowest BCUT2D eigenvalue weighted by Gasteiger charge is -2.38. The minimum absolute atomic E-state index is 0.324. The number of hydrogen-bond donors (Lipinski definition) is 1. The molecule has 1 N–H and O–H groups in total. The molecule has 0 spiro atoms. The van der Waals surface area contributed by atoms with E-state index in [2.05, 4.69) is 60.8 Å². The topological polar surface area (TPSA) is 83.4 Å². The fourth-order valence-electron chi connectivity index (χ4n) is 6.68. The summed E-state index contributed by atoms with van der Waals surface area (Å²) in [5, 5.41) is 5.83. The minimum atomic E-state index is -2.82. The summed E-state index contributed by atoms with van der Waals surface area (Å²) in [6.45, 7) is 12.6. The summed E-state index contributed by atoms with van der Waals surface area (Å²) in [7, 11) is -2.82. The van der Waals surface area contributed by atoms with Gasteiger partial charge in [-0.2, -0.15) is 5.10 Å². The summed E-state index contributed by atoms with van der Waals surface area (Å²) < 4.78 is 25.6. The minimum Gasteiger partial charge on any atom is -0.346 e. The predicted molar refractivity (Wildman–Crippen MR) is 152 cm³/mol. The average Bonchev–Trinajstić information content (AvgIpc) is 3.56. The van der Waals surface area contributed by atoms with Crippen molar-refractivity contribution >= 4 is 37.0 Å². The standard InChI is InChI=1S/C28H37N5O2S2/c1-16(2)23-24-19(5)26(20-6-8-21(9-7-20)32-10-12-37(34,35)13-11-32)36-28(24)31-25(23)22-14-33-27(29-15-30-33)18(4)17(22)3/h14-16,20-21,31H,6-13H2,1-5H3. The molecule has 0 unspecified atom stereocenters. The van der Waals surface area contributed by atoms with Crippen LogP contribution in [0.25, 0.3) is 27.1 Å². The van der Waals surface area contributed by atoms with Gasteiger partial charge in [-0.3, -0.25) is 4.90 Å². The van der Waals surface area contributed by atoms with Crippen LogP contribution in [0.15, 0.2) is 12.5 Å². The molecule has 1 aliphatic carbocycles. The number of aromatic nitrogens is 4. The van der Waals surface area contributed by atoms with Crippen LogP contribution >= 0.6 is 11.3 Å². The normalized spacial score (nSPS) is 23.0. The highest BCUT2D eigenvalue weighted by Gasteiger charge is 2.33. The second kappa shape index (κ2) is 9.20. The Kier molecular flexibility index (Phi) is 6.24. The van der Waals surface area contributed by atoms with Crippen LogP contribution in [-0.4, -0.2) is 63.5 Å². The number of nitrogens with one attached hydrogen (secondary N) is 1. The quantitative estimate of drug-likeness (QED) is 0.357. The third-order valence-electron chi connectivity index (χ3n) is 8.90. The number of aromatic amines is 1. The van der Waals surface area contributed by atoms with Gasteiger partial charge in [0, 0.05) is 41.2 Å². The summed E-state index contributed by atoms with van der Waals surface area (Å²) in [4.78, 5) is 13.5. The van der Waals surface area contributed by atoms with Crippen LogP contribution in [0.5, 0.6) is 0 Å². The van der Waals surface area contributed by atoms with Crippen molar-refractivity contribution < 1.29 is 8.42 Å². The molecule has 1 aliphatic heterocycles. The lowest BCUT2D eigenvalue weighted by Crippen LogP contribution is -2.47. The molecule has 7 nitrogen and oxygen atoms in total. The van der Waals surface area contributed by atoms with Crippen LogP contribution in [0.1, 0.15) is 78.5 Å². The lowest BCUT2D eigenvalue weighted by atomic mass is 9.83. The molecule has 0 bridgehead atoms. The monoisotopic (exact) mass is 539 g/mol. The molecule has 2 fully saturated rings.